The second kappa shape index (κ2) is 4.04. The first-order valence-electron chi connectivity index (χ1n) is 4.50. The number of phenols is 2. The lowest BCUT2D eigenvalue weighted by Gasteiger charge is -2.17. The molecule has 0 aliphatic heterocycles. The molecule has 1 aromatic carbocycles. The molecule has 0 spiro atoms. The second-order valence-corrected chi connectivity index (χ2v) is 3.60. The monoisotopic (exact) mass is 215 g/mol. The maximum absolute atomic E-state index is 13.2. The number of aromatic hydroxyl groups is 2. The quantitative estimate of drug-likeness (QED) is 0.591. The molecule has 15 heavy (non-hydrogen) atoms. The molecule has 1 rings (SSSR count). The average Bonchev–Trinajstić information content (AvgIpc) is 2.19. The van der Waals surface area contributed by atoms with Gasteiger partial charge in [-0.3, -0.25) is 0 Å². The summed E-state index contributed by atoms with van der Waals surface area (Å²) in [5.41, 5.74) is 5.65. The van der Waals surface area contributed by atoms with Gasteiger partial charge >= 0.3 is 0 Å². The van der Waals surface area contributed by atoms with Gasteiger partial charge in [-0.15, -0.1) is 0 Å². The number of aryl methyl sites for hydroxylation is 1. The van der Waals surface area contributed by atoms with Gasteiger partial charge in [-0.2, -0.15) is 4.39 Å². The molecule has 5 heteroatoms. The fourth-order valence-corrected chi connectivity index (χ4v) is 1.29. The normalized spacial score (nSPS) is 15.0. The summed E-state index contributed by atoms with van der Waals surface area (Å²) in [6.07, 6.45) is -1.17. The van der Waals surface area contributed by atoms with Crippen molar-refractivity contribution in [1.29, 1.82) is 0 Å². The Balaban J connectivity index is 3.32. The van der Waals surface area contributed by atoms with Crippen LogP contribution in [0.25, 0.3) is 0 Å². The molecule has 5 N–H and O–H groups in total. The SMILES string of the molecule is Cc1cc(C(O)C(C)N)c(O)c(F)c1O. The molecule has 0 aliphatic carbocycles. The van der Waals surface area contributed by atoms with E-state index in [0.717, 1.165) is 0 Å². The lowest BCUT2D eigenvalue weighted by molar-refractivity contribution is 0.148. The summed E-state index contributed by atoms with van der Waals surface area (Å²) in [5.74, 6) is -2.51. The highest BCUT2D eigenvalue weighted by atomic mass is 19.1. The topological polar surface area (TPSA) is 86.7 Å². The van der Waals surface area contributed by atoms with Crippen molar-refractivity contribution in [2.75, 3.05) is 0 Å². The van der Waals surface area contributed by atoms with Gasteiger partial charge in [0.1, 0.15) is 0 Å². The van der Waals surface area contributed by atoms with Crippen molar-refractivity contribution in [3.05, 3.63) is 23.0 Å². The van der Waals surface area contributed by atoms with Crippen LogP contribution in [0.2, 0.25) is 0 Å². The van der Waals surface area contributed by atoms with Gasteiger partial charge in [-0.25, -0.2) is 0 Å². The minimum atomic E-state index is -1.17. The van der Waals surface area contributed by atoms with Gasteiger partial charge in [0.2, 0.25) is 5.82 Å². The van der Waals surface area contributed by atoms with E-state index in [-0.39, 0.29) is 11.1 Å². The Morgan fingerprint density at radius 1 is 1.33 bits per heavy atom. The Kier molecular flexibility index (Phi) is 3.16. The third kappa shape index (κ3) is 2.03. The van der Waals surface area contributed by atoms with Crippen molar-refractivity contribution in [3.63, 3.8) is 0 Å². The van der Waals surface area contributed by atoms with Crippen LogP contribution in [0.15, 0.2) is 6.07 Å². The molecular formula is C10H14FNO3. The first-order chi connectivity index (χ1) is 6.86. The van der Waals surface area contributed by atoms with E-state index in [0.29, 0.717) is 0 Å². The summed E-state index contributed by atoms with van der Waals surface area (Å²) < 4.78 is 13.2. The molecule has 0 saturated carbocycles. The van der Waals surface area contributed by atoms with Crippen molar-refractivity contribution >= 4 is 0 Å². The van der Waals surface area contributed by atoms with Gasteiger partial charge in [0.25, 0.3) is 0 Å². The van der Waals surface area contributed by atoms with Crippen LogP contribution in [0.1, 0.15) is 24.2 Å². The average molecular weight is 215 g/mol. The third-order valence-corrected chi connectivity index (χ3v) is 2.25. The number of benzene rings is 1. The number of rotatable bonds is 2. The van der Waals surface area contributed by atoms with Crippen LogP contribution in [-0.4, -0.2) is 21.4 Å². The van der Waals surface area contributed by atoms with Crippen LogP contribution in [0.5, 0.6) is 11.5 Å². The number of aliphatic hydroxyl groups excluding tert-OH is 1. The van der Waals surface area contributed by atoms with Crippen LogP contribution >= 0.6 is 0 Å². The maximum Gasteiger partial charge on any atom is 0.206 e. The lowest BCUT2D eigenvalue weighted by Crippen LogP contribution is -2.24. The van der Waals surface area contributed by atoms with Gasteiger partial charge in [-0.1, -0.05) is 0 Å². The highest BCUT2D eigenvalue weighted by molar-refractivity contribution is 5.47. The van der Waals surface area contributed by atoms with E-state index >= 15 is 0 Å². The van der Waals surface area contributed by atoms with Crippen LogP contribution in [0, 0.1) is 12.7 Å². The number of aliphatic hydroxyl groups is 1. The van der Waals surface area contributed by atoms with Crippen molar-refractivity contribution < 1.29 is 19.7 Å². The van der Waals surface area contributed by atoms with E-state index in [1.165, 1.54) is 19.9 Å². The van der Waals surface area contributed by atoms with E-state index in [1.54, 1.807) is 0 Å². The van der Waals surface area contributed by atoms with E-state index in [1.807, 2.05) is 0 Å². The van der Waals surface area contributed by atoms with Gasteiger partial charge < -0.3 is 21.1 Å². The number of halogens is 1. The Morgan fingerprint density at radius 2 is 1.87 bits per heavy atom. The summed E-state index contributed by atoms with van der Waals surface area (Å²) in [6, 6.07) is 0.668. The van der Waals surface area contributed by atoms with Gasteiger partial charge in [0.05, 0.1) is 6.10 Å². The second-order valence-electron chi connectivity index (χ2n) is 3.60. The largest absolute Gasteiger partial charge is 0.505 e. The minimum Gasteiger partial charge on any atom is -0.505 e. The minimum absolute atomic E-state index is 0.0159. The van der Waals surface area contributed by atoms with Crippen LogP contribution < -0.4 is 5.73 Å². The van der Waals surface area contributed by atoms with Gasteiger partial charge in [0.15, 0.2) is 11.5 Å². The standard InChI is InChI=1S/C10H14FNO3/c1-4-3-6(9(14)5(2)12)10(15)7(11)8(4)13/h3,5,9,13-15H,12H2,1-2H3. The molecule has 4 nitrogen and oxygen atoms in total. The lowest BCUT2D eigenvalue weighted by atomic mass is 10.00. The summed E-state index contributed by atoms with van der Waals surface area (Å²) in [7, 11) is 0. The molecule has 0 bridgehead atoms. The van der Waals surface area contributed by atoms with Crippen molar-refractivity contribution in [2.45, 2.75) is 26.0 Å². The van der Waals surface area contributed by atoms with E-state index in [9.17, 15) is 19.7 Å². The third-order valence-electron chi connectivity index (χ3n) is 2.25. The highest BCUT2D eigenvalue weighted by Crippen LogP contribution is 2.35. The number of phenolic OH excluding ortho intramolecular Hbond substituents is 2. The number of nitrogens with two attached hydrogens (primary N) is 1. The Labute approximate surface area is 86.8 Å². The Bertz CT molecular complexity index is 379. The molecule has 2 unspecified atom stereocenters. The fourth-order valence-electron chi connectivity index (χ4n) is 1.29. The number of hydrogen-bond acceptors (Lipinski definition) is 4. The van der Waals surface area contributed by atoms with Crippen LogP contribution in [0.3, 0.4) is 0 Å². The molecule has 0 radical (unpaired) electrons. The Hall–Kier alpha value is -1.33. The fraction of sp³-hybridized carbons (Fsp3) is 0.400. The maximum atomic E-state index is 13.2. The smallest absolute Gasteiger partial charge is 0.206 e. The molecule has 0 aliphatic rings. The van der Waals surface area contributed by atoms with Crippen LogP contribution in [-0.2, 0) is 0 Å². The van der Waals surface area contributed by atoms with Crippen molar-refractivity contribution in [2.24, 2.45) is 5.73 Å². The first-order valence-corrected chi connectivity index (χ1v) is 4.50. The van der Waals surface area contributed by atoms with Gasteiger partial charge in [0, 0.05) is 11.6 Å². The molecule has 0 amide bonds. The summed E-state index contributed by atoms with van der Waals surface area (Å²) in [5, 5.41) is 28.1. The molecule has 0 aromatic heterocycles. The molecule has 0 heterocycles. The summed E-state index contributed by atoms with van der Waals surface area (Å²) in [4.78, 5) is 0. The predicted molar refractivity (Wildman–Crippen MR) is 53.1 cm³/mol. The summed E-state index contributed by atoms with van der Waals surface area (Å²) >= 11 is 0. The van der Waals surface area contributed by atoms with E-state index in [2.05, 4.69) is 0 Å². The van der Waals surface area contributed by atoms with E-state index < -0.39 is 29.5 Å². The van der Waals surface area contributed by atoms with E-state index in [4.69, 9.17) is 5.73 Å². The molecule has 2 atom stereocenters. The van der Waals surface area contributed by atoms with Gasteiger partial charge in [-0.05, 0) is 25.5 Å². The molecular weight excluding hydrogens is 201 g/mol. The zero-order valence-electron chi connectivity index (χ0n) is 8.53. The number of hydrogen-bond donors (Lipinski definition) is 4. The Morgan fingerprint density at radius 3 is 2.33 bits per heavy atom. The highest BCUT2D eigenvalue weighted by Gasteiger charge is 2.22. The zero-order valence-corrected chi connectivity index (χ0v) is 8.53. The zero-order chi connectivity index (χ0) is 11.7. The molecule has 0 saturated heterocycles. The summed E-state index contributed by atoms with van der Waals surface area (Å²) in [6.45, 7) is 3.00. The van der Waals surface area contributed by atoms with Crippen LogP contribution in [0.4, 0.5) is 4.39 Å². The van der Waals surface area contributed by atoms with Crippen molar-refractivity contribution in [3.8, 4) is 11.5 Å². The first kappa shape index (κ1) is 11.7. The van der Waals surface area contributed by atoms with Crippen molar-refractivity contribution in [1.82, 2.24) is 0 Å². The molecule has 0 fully saturated rings. The molecule has 1 aromatic rings. The molecule has 84 valence electrons. The predicted octanol–water partition coefficient (Wildman–Crippen LogP) is 0.926.